The fourth-order valence-corrected chi connectivity index (χ4v) is 2.73. The molecular weight excluding hydrogens is 310 g/mol. The van der Waals surface area contributed by atoms with Gasteiger partial charge in [0.2, 0.25) is 5.91 Å². The highest BCUT2D eigenvalue weighted by atomic mass is 79.9. The lowest BCUT2D eigenvalue weighted by Crippen LogP contribution is -2.38. The van der Waals surface area contributed by atoms with Crippen LogP contribution in [0.4, 0.5) is 6.01 Å². The highest BCUT2D eigenvalue weighted by Gasteiger charge is 2.25. The van der Waals surface area contributed by atoms with Gasteiger partial charge in [-0.05, 0) is 31.0 Å². The van der Waals surface area contributed by atoms with Crippen LogP contribution < -0.4 is 10.6 Å². The van der Waals surface area contributed by atoms with Crippen molar-refractivity contribution in [1.82, 2.24) is 4.98 Å². The SMILES string of the molecule is NC(=O)C1CCN(c2nc3cc(Br)ccc3o2)CC1. The number of hydrogen-bond acceptors (Lipinski definition) is 4. The monoisotopic (exact) mass is 323 g/mol. The van der Waals surface area contributed by atoms with Gasteiger partial charge in [0.1, 0.15) is 5.52 Å². The van der Waals surface area contributed by atoms with Gasteiger partial charge in [0, 0.05) is 23.5 Å². The Labute approximate surface area is 118 Å². The van der Waals surface area contributed by atoms with Gasteiger partial charge < -0.3 is 15.1 Å². The summed E-state index contributed by atoms with van der Waals surface area (Å²) in [5, 5.41) is 0. The van der Waals surface area contributed by atoms with Crippen molar-refractivity contribution in [2.45, 2.75) is 12.8 Å². The summed E-state index contributed by atoms with van der Waals surface area (Å²) in [6.45, 7) is 1.50. The number of nitrogens with zero attached hydrogens (tertiary/aromatic N) is 2. The summed E-state index contributed by atoms with van der Waals surface area (Å²) in [7, 11) is 0. The minimum Gasteiger partial charge on any atom is -0.423 e. The quantitative estimate of drug-likeness (QED) is 0.920. The second-order valence-corrected chi connectivity index (χ2v) is 5.69. The number of amides is 1. The molecule has 19 heavy (non-hydrogen) atoms. The van der Waals surface area contributed by atoms with Crippen molar-refractivity contribution in [3.8, 4) is 0 Å². The van der Waals surface area contributed by atoms with E-state index in [1.54, 1.807) is 0 Å². The van der Waals surface area contributed by atoms with Gasteiger partial charge in [-0.3, -0.25) is 4.79 Å². The van der Waals surface area contributed by atoms with Crippen LogP contribution in [0.3, 0.4) is 0 Å². The Hall–Kier alpha value is -1.56. The van der Waals surface area contributed by atoms with Gasteiger partial charge in [-0.15, -0.1) is 0 Å². The number of hydrogen-bond donors (Lipinski definition) is 1. The number of fused-ring (bicyclic) bond motifs is 1. The van der Waals surface area contributed by atoms with Crippen molar-refractivity contribution in [2.75, 3.05) is 18.0 Å². The molecule has 2 heterocycles. The zero-order valence-corrected chi connectivity index (χ0v) is 11.9. The van der Waals surface area contributed by atoms with Crippen LogP contribution in [-0.2, 0) is 4.79 Å². The Bertz CT molecular complexity index is 617. The lowest BCUT2D eigenvalue weighted by atomic mass is 9.97. The Morgan fingerprint density at radius 2 is 2.16 bits per heavy atom. The molecule has 1 saturated heterocycles. The van der Waals surface area contributed by atoms with Crippen molar-refractivity contribution in [3.05, 3.63) is 22.7 Å². The second kappa shape index (κ2) is 4.85. The molecular formula is C13H14BrN3O2. The average Bonchev–Trinajstić information content (AvgIpc) is 2.81. The topological polar surface area (TPSA) is 72.4 Å². The van der Waals surface area contributed by atoms with Gasteiger partial charge in [0.25, 0.3) is 6.01 Å². The van der Waals surface area contributed by atoms with Crippen LogP contribution in [0.1, 0.15) is 12.8 Å². The Morgan fingerprint density at radius 1 is 1.42 bits per heavy atom. The van der Waals surface area contributed by atoms with E-state index in [-0.39, 0.29) is 11.8 Å². The third-order valence-electron chi connectivity index (χ3n) is 3.51. The molecule has 1 aromatic carbocycles. The number of primary amides is 1. The molecule has 2 aromatic rings. The van der Waals surface area contributed by atoms with Gasteiger partial charge in [0.05, 0.1) is 0 Å². The van der Waals surface area contributed by atoms with Crippen molar-refractivity contribution in [3.63, 3.8) is 0 Å². The van der Waals surface area contributed by atoms with E-state index in [1.807, 2.05) is 18.2 Å². The predicted molar refractivity (Wildman–Crippen MR) is 75.8 cm³/mol. The molecule has 0 radical (unpaired) electrons. The van der Waals surface area contributed by atoms with E-state index in [9.17, 15) is 4.79 Å². The highest BCUT2D eigenvalue weighted by Crippen LogP contribution is 2.27. The number of carbonyl (C=O) groups excluding carboxylic acids is 1. The highest BCUT2D eigenvalue weighted by molar-refractivity contribution is 9.10. The molecule has 6 heteroatoms. The first kappa shape index (κ1) is 12.5. The van der Waals surface area contributed by atoms with Crippen LogP contribution in [0.5, 0.6) is 0 Å². The lowest BCUT2D eigenvalue weighted by Gasteiger charge is -2.29. The third kappa shape index (κ3) is 2.45. The number of piperidine rings is 1. The molecule has 0 saturated carbocycles. The van der Waals surface area contributed by atoms with Crippen LogP contribution >= 0.6 is 15.9 Å². The maximum absolute atomic E-state index is 11.1. The van der Waals surface area contributed by atoms with Crippen LogP contribution in [-0.4, -0.2) is 24.0 Å². The smallest absolute Gasteiger partial charge is 0.298 e. The normalized spacial score (nSPS) is 17.0. The lowest BCUT2D eigenvalue weighted by molar-refractivity contribution is -0.122. The number of nitrogens with two attached hydrogens (primary N) is 1. The van der Waals surface area contributed by atoms with Crippen molar-refractivity contribution in [1.29, 1.82) is 0 Å². The zero-order chi connectivity index (χ0) is 13.4. The van der Waals surface area contributed by atoms with Crippen LogP contribution in [0.2, 0.25) is 0 Å². The van der Waals surface area contributed by atoms with Crippen LogP contribution in [0.15, 0.2) is 27.1 Å². The Balaban J connectivity index is 1.80. The van der Waals surface area contributed by atoms with Crippen molar-refractivity contribution in [2.24, 2.45) is 11.7 Å². The Kier molecular flexibility index (Phi) is 3.18. The van der Waals surface area contributed by atoms with Gasteiger partial charge in [-0.1, -0.05) is 15.9 Å². The largest absolute Gasteiger partial charge is 0.423 e. The van der Waals surface area contributed by atoms with Crippen LogP contribution in [0, 0.1) is 5.92 Å². The number of aromatic nitrogens is 1. The number of halogens is 1. The molecule has 0 unspecified atom stereocenters. The molecule has 2 N–H and O–H groups in total. The van der Waals surface area contributed by atoms with Crippen molar-refractivity contribution < 1.29 is 9.21 Å². The summed E-state index contributed by atoms with van der Waals surface area (Å²) in [5.41, 5.74) is 6.94. The van der Waals surface area contributed by atoms with Crippen LogP contribution in [0.25, 0.3) is 11.1 Å². The maximum atomic E-state index is 11.1. The molecule has 3 rings (SSSR count). The number of benzene rings is 1. The standard InChI is InChI=1S/C13H14BrN3O2/c14-9-1-2-11-10(7-9)16-13(19-11)17-5-3-8(4-6-17)12(15)18/h1-2,7-8H,3-6H2,(H2,15,18). The number of oxazole rings is 1. The average molecular weight is 324 g/mol. The van der Waals surface area contributed by atoms with E-state index >= 15 is 0 Å². The van der Waals surface area contributed by atoms with Crippen molar-refractivity contribution >= 4 is 39.0 Å². The Morgan fingerprint density at radius 3 is 2.84 bits per heavy atom. The molecule has 5 nitrogen and oxygen atoms in total. The molecule has 1 aliphatic rings. The minimum atomic E-state index is -0.207. The van der Waals surface area contributed by atoms with Gasteiger partial charge in [-0.25, -0.2) is 0 Å². The first-order valence-electron chi connectivity index (χ1n) is 6.24. The summed E-state index contributed by atoms with van der Waals surface area (Å²) >= 11 is 3.41. The summed E-state index contributed by atoms with van der Waals surface area (Å²) < 4.78 is 6.71. The number of carbonyl (C=O) groups is 1. The second-order valence-electron chi connectivity index (χ2n) is 4.77. The summed E-state index contributed by atoms with van der Waals surface area (Å²) in [4.78, 5) is 17.7. The molecule has 1 aliphatic heterocycles. The van der Waals surface area contributed by atoms with E-state index in [2.05, 4.69) is 25.8 Å². The van der Waals surface area contributed by atoms with Gasteiger partial charge >= 0.3 is 0 Å². The van der Waals surface area contributed by atoms with E-state index in [1.165, 1.54) is 0 Å². The predicted octanol–water partition coefficient (Wildman–Crippen LogP) is 2.29. The van der Waals surface area contributed by atoms with E-state index in [0.717, 1.165) is 41.5 Å². The molecule has 0 aliphatic carbocycles. The van der Waals surface area contributed by atoms with E-state index in [4.69, 9.17) is 10.2 Å². The van der Waals surface area contributed by atoms with Gasteiger partial charge in [-0.2, -0.15) is 4.98 Å². The first-order valence-corrected chi connectivity index (χ1v) is 7.03. The summed E-state index contributed by atoms with van der Waals surface area (Å²) in [5.74, 6) is -0.226. The first-order chi connectivity index (χ1) is 9.13. The summed E-state index contributed by atoms with van der Waals surface area (Å²) in [6, 6.07) is 6.37. The molecule has 100 valence electrons. The van der Waals surface area contributed by atoms with Gasteiger partial charge in [0.15, 0.2) is 5.58 Å². The minimum absolute atomic E-state index is 0.0187. The zero-order valence-electron chi connectivity index (χ0n) is 10.3. The molecule has 0 spiro atoms. The molecule has 1 aromatic heterocycles. The van der Waals surface area contributed by atoms with E-state index < -0.39 is 0 Å². The number of rotatable bonds is 2. The fraction of sp³-hybridized carbons (Fsp3) is 0.385. The number of anilines is 1. The fourth-order valence-electron chi connectivity index (χ4n) is 2.38. The molecule has 1 amide bonds. The summed E-state index contributed by atoms with van der Waals surface area (Å²) in [6.07, 6.45) is 1.52. The molecule has 0 atom stereocenters. The third-order valence-corrected chi connectivity index (χ3v) is 4.00. The van der Waals surface area contributed by atoms with E-state index in [0.29, 0.717) is 6.01 Å². The molecule has 0 bridgehead atoms. The maximum Gasteiger partial charge on any atom is 0.298 e. The molecule has 1 fully saturated rings.